The Labute approximate surface area is 136 Å². The first-order chi connectivity index (χ1) is 10.1. The van der Waals surface area contributed by atoms with Gasteiger partial charge >= 0.3 is 11.9 Å². The predicted octanol–water partition coefficient (Wildman–Crippen LogP) is 3.69. The molecule has 0 saturated carbocycles. The van der Waals surface area contributed by atoms with E-state index < -0.39 is 11.9 Å². The number of esters is 2. The second-order valence-electron chi connectivity index (χ2n) is 4.14. The molecule has 0 N–H and O–H groups in total. The molecule has 0 atom stereocenters. The molecule has 0 amide bonds. The van der Waals surface area contributed by atoms with Crippen molar-refractivity contribution in [2.75, 3.05) is 6.61 Å². The van der Waals surface area contributed by atoms with Crippen molar-refractivity contribution in [2.45, 2.75) is 6.92 Å². The van der Waals surface area contributed by atoms with Crippen LogP contribution in [0.4, 0.5) is 0 Å². The summed E-state index contributed by atoms with van der Waals surface area (Å²) < 4.78 is 11.2. The monoisotopic (exact) mass is 396 g/mol. The highest BCUT2D eigenvalue weighted by molar-refractivity contribution is 14.1. The average Bonchev–Trinajstić information content (AvgIpc) is 2.48. The lowest BCUT2D eigenvalue weighted by Gasteiger charge is -2.06. The smallest absolute Gasteiger partial charge is 0.343 e. The third-order valence-electron chi connectivity index (χ3n) is 2.64. The normalized spacial score (nSPS) is 10.0. The number of rotatable bonds is 4. The number of carbonyl (C=O) groups is 2. The van der Waals surface area contributed by atoms with Gasteiger partial charge in [0.1, 0.15) is 5.75 Å². The van der Waals surface area contributed by atoms with Crippen molar-refractivity contribution in [2.24, 2.45) is 0 Å². The van der Waals surface area contributed by atoms with Gasteiger partial charge in [0.15, 0.2) is 0 Å². The molecule has 2 aromatic rings. The van der Waals surface area contributed by atoms with Crippen LogP contribution in [-0.4, -0.2) is 18.5 Å². The molecule has 21 heavy (non-hydrogen) atoms. The second kappa shape index (κ2) is 7.21. The fourth-order valence-corrected chi connectivity index (χ4v) is 2.01. The summed E-state index contributed by atoms with van der Waals surface area (Å²) in [5.41, 5.74) is 0.807. The Morgan fingerprint density at radius 1 is 1.00 bits per heavy atom. The molecule has 2 rings (SSSR count). The summed E-state index contributed by atoms with van der Waals surface area (Å²) in [5.74, 6) is -0.596. The van der Waals surface area contributed by atoms with Gasteiger partial charge in [0.25, 0.3) is 0 Å². The lowest BCUT2D eigenvalue weighted by atomic mass is 10.2. The maximum atomic E-state index is 12.0. The quantitative estimate of drug-likeness (QED) is 0.450. The van der Waals surface area contributed by atoms with Crippen LogP contribution in [0.15, 0.2) is 48.5 Å². The first-order valence-electron chi connectivity index (χ1n) is 6.35. The van der Waals surface area contributed by atoms with Gasteiger partial charge in [0, 0.05) is 3.57 Å². The van der Waals surface area contributed by atoms with Crippen LogP contribution in [0.25, 0.3) is 0 Å². The van der Waals surface area contributed by atoms with E-state index in [-0.39, 0.29) is 0 Å². The van der Waals surface area contributed by atoms with Gasteiger partial charge in [-0.3, -0.25) is 0 Å². The van der Waals surface area contributed by atoms with Crippen molar-refractivity contribution < 1.29 is 19.1 Å². The van der Waals surface area contributed by atoms with Crippen LogP contribution in [0.5, 0.6) is 5.75 Å². The minimum atomic E-state index is -0.465. The lowest BCUT2D eigenvalue weighted by Crippen LogP contribution is -2.09. The molecule has 108 valence electrons. The number of hydrogen-bond acceptors (Lipinski definition) is 4. The van der Waals surface area contributed by atoms with Crippen molar-refractivity contribution >= 4 is 34.5 Å². The van der Waals surface area contributed by atoms with E-state index in [0.717, 1.165) is 3.57 Å². The molecule has 0 unspecified atom stereocenters. The highest BCUT2D eigenvalue weighted by atomic mass is 127. The number of ether oxygens (including phenoxy) is 2. The third-order valence-corrected chi connectivity index (χ3v) is 3.35. The Morgan fingerprint density at radius 3 is 2.38 bits per heavy atom. The molecular formula is C16H13IO4. The summed E-state index contributed by atoms with van der Waals surface area (Å²) in [5, 5.41) is 0. The Bertz CT molecular complexity index is 650. The van der Waals surface area contributed by atoms with Crippen LogP contribution in [-0.2, 0) is 4.74 Å². The van der Waals surface area contributed by atoms with Crippen LogP contribution >= 0.6 is 22.6 Å². The summed E-state index contributed by atoms with van der Waals surface area (Å²) in [4.78, 5) is 23.6. The largest absolute Gasteiger partial charge is 0.462 e. The molecule has 0 aromatic heterocycles. The van der Waals surface area contributed by atoms with E-state index >= 15 is 0 Å². The van der Waals surface area contributed by atoms with Gasteiger partial charge in [-0.15, -0.1) is 0 Å². The first-order valence-corrected chi connectivity index (χ1v) is 7.43. The minimum absolute atomic E-state index is 0.297. The van der Waals surface area contributed by atoms with Gasteiger partial charge in [0.05, 0.1) is 17.7 Å². The van der Waals surface area contributed by atoms with Crippen molar-refractivity contribution in [3.05, 3.63) is 63.2 Å². The molecule has 0 aliphatic carbocycles. The molecule has 5 heteroatoms. The molecule has 0 aliphatic rings. The fourth-order valence-electron chi connectivity index (χ4n) is 1.65. The zero-order valence-electron chi connectivity index (χ0n) is 11.3. The molecule has 0 radical (unpaired) electrons. The van der Waals surface area contributed by atoms with E-state index in [1.807, 2.05) is 12.1 Å². The van der Waals surface area contributed by atoms with Crippen molar-refractivity contribution in [1.29, 1.82) is 0 Å². The average molecular weight is 396 g/mol. The zero-order valence-corrected chi connectivity index (χ0v) is 13.5. The van der Waals surface area contributed by atoms with Crippen LogP contribution in [0.1, 0.15) is 27.6 Å². The maximum Gasteiger partial charge on any atom is 0.343 e. The van der Waals surface area contributed by atoms with Gasteiger partial charge in [-0.25, -0.2) is 9.59 Å². The van der Waals surface area contributed by atoms with Gasteiger partial charge < -0.3 is 9.47 Å². The van der Waals surface area contributed by atoms with Gasteiger partial charge in [-0.1, -0.05) is 6.07 Å². The zero-order chi connectivity index (χ0) is 15.2. The predicted molar refractivity (Wildman–Crippen MR) is 86.5 cm³/mol. The van der Waals surface area contributed by atoms with Gasteiger partial charge in [0.2, 0.25) is 0 Å². The summed E-state index contributed by atoms with van der Waals surface area (Å²) in [6, 6.07) is 13.4. The SMILES string of the molecule is CCOC(=O)c1cccc(OC(=O)c2ccc(I)cc2)c1. The fraction of sp³-hybridized carbons (Fsp3) is 0.125. The summed E-state index contributed by atoms with van der Waals surface area (Å²) in [7, 11) is 0. The summed E-state index contributed by atoms with van der Waals surface area (Å²) in [6.07, 6.45) is 0. The van der Waals surface area contributed by atoms with E-state index in [0.29, 0.717) is 23.5 Å². The lowest BCUT2D eigenvalue weighted by molar-refractivity contribution is 0.0524. The number of carbonyl (C=O) groups excluding carboxylic acids is 2. The molecule has 0 spiro atoms. The van der Waals surface area contributed by atoms with Crippen LogP contribution in [0, 0.1) is 3.57 Å². The van der Waals surface area contributed by atoms with Gasteiger partial charge in [-0.05, 0) is 72.0 Å². The van der Waals surface area contributed by atoms with Crippen molar-refractivity contribution in [1.82, 2.24) is 0 Å². The Kier molecular flexibility index (Phi) is 5.32. The van der Waals surface area contributed by atoms with E-state index in [4.69, 9.17) is 9.47 Å². The Morgan fingerprint density at radius 2 is 1.71 bits per heavy atom. The van der Waals surface area contributed by atoms with Gasteiger partial charge in [-0.2, -0.15) is 0 Å². The topological polar surface area (TPSA) is 52.6 Å². The minimum Gasteiger partial charge on any atom is -0.462 e. The third kappa shape index (κ3) is 4.29. The number of hydrogen-bond donors (Lipinski definition) is 0. The molecule has 0 saturated heterocycles. The van der Waals surface area contributed by atoms with Crippen molar-refractivity contribution in [3.63, 3.8) is 0 Å². The van der Waals surface area contributed by atoms with Crippen LogP contribution in [0.2, 0.25) is 0 Å². The summed E-state index contributed by atoms with van der Waals surface area (Å²) in [6.45, 7) is 2.03. The van der Waals surface area contributed by atoms with Crippen LogP contribution < -0.4 is 4.74 Å². The Hall–Kier alpha value is -1.89. The standard InChI is InChI=1S/C16H13IO4/c1-2-20-15(18)12-4-3-5-14(10-12)21-16(19)11-6-8-13(17)9-7-11/h3-10H,2H2,1H3. The highest BCUT2D eigenvalue weighted by Gasteiger charge is 2.11. The van der Waals surface area contributed by atoms with E-state index in [1.54, 1.807) is 37.3 Å². The number of halogens is 1. The number of benzene rings is 2. The van der Waals surface area contributed by atoms with Crippen LogP contribution in [0.3, 0.4) is 0 Å². The molecule has 0 aliphatic heterocycles. The van der Waals surface area contributed by atoms with E-state index in [9.17, 15) is 9.59 Å². The molecule has 0 fully saturated rings. The van der Waals surface area contributed by atoms with E-state index in [1.165, 1.54) is 6.07 Å². The first kappa shape index (κ1) is 15.5. The molecule has 0 bridgehead atoms. The molecule has 0 heterocycles. The molecular weight excluding hydrogens is 383 g/mol. The Balaban J connectivity index is 2.12. The molecule has 4 nitrogen and oxygen atoms in total. The van der Waals surface area contributed by atoms with E-state index in [2.05, 4.69) is 22.6 Å². The molecule has 2 aromatic carbocycles. The maximum absolute atomic E-state index is 12.0. The highest BCUT2D eigenvalue weighted by Crippen LogP contribution is 2.16. The second-order valence-corrected chi connectivity index (χ2v) is 5.39. The summed E-state index contributed by atoms with van der Waals surface area (Å²) >= 11 is 2.16. The van der Waals surface area contributed by atoms with Crippen molar-refractivity contribution in [3.8, 4) is 5.75 Å².